The van der Waals surface area contributed by atoms with Gasteiger partial charge in [-0.1, -0.05) is 91.0 Å². The van der Waals surface area contributed by atoms with Crippen LogP contribution in [0.4, 0.5) is 0 Å². The molecule has 1 aliphatic rings. The second kappa shape index (κ2) is 13.1. The van der Waals surface area contributed by atoms with Crippen LogP contribution in [0.1, 0.15) is 16.7 Å². The van der Waals surface area contributed by atoms with E-state index in [4.69, 9.17) is 23.1 Å². The van der Waals surface area contributed by atoms with Gasteiger partial charge in [-0.15, -0.1) is 0 Å². The number of benzene rings is 3. The molecule has 1 aliphatic heterocycles. The Bertz CT molecular complexity index is 1140. The molecule has 1 saturated heterocycles. The van der Waals surface area contributed by atoms with E-state index in [2.05, 4.69) is 0 Å². The van der Waals surface area contributed by atoms with Crippen molar-refractivity contribution in [3.63, 3.8) is 0 Å². The van der Waals surface area contributed by atoms with Gasteiger partial charge >= 0.3 is 0 Å². The fraction of sp³-hybridized carbons (Fsp3) is 0.357. The topological polar surface area (TPSA) is 80.3 Å². The minimum absolute atomic E-state index is 0.168. The summed E-state index contributed by atoms with van der Waals surface area (Å²) < 4.78 is 53.3. The molecular weight excluding hydrogens is 480 g/mol. The molecule has 1 heterocycles. The van der Waals surface area contributed by atoms with Crippen LogP contribution < -0.4 is 0 Å². The van der Waals surface area contributed by atoms with Crippen molar-refractivity contribution >= 4 is 10.1 Å². The molecule has 0 N–H and O–H groups in total. The van der Waals surface area contributed by atoms with E-state index in [0.29, 0.717) is 19.8 Å². The highest BCUT2D eigenvalue weighted by atomic mass is 32.2. The Morgan fingerprint density at radius 1 is 0.639 bits per heavy atom. The van der Waals surface area contributed by atoms with Crippen molar-refractivity contribution in [2.24, 2.45) is 0 Å². The number of ether oxygens (including phenoxy) is 4. The second-order valence-electron chi connectivity index (χ2n) is 8.72. The molecule has 0 bridgehead atoms. The second-order valence-corrected chi connectivity index (χ2v) is 10.4. The van der Waals surface area contributed by atoms with Crippen LogP contribution in [0.25, 0.3) is 0 Å². The summed E-state index contributed by atoms with van der Waals surface area (Å²) in [5.74, 6) is 0. The lowest BCUT2D eigenvalue weighted by Crippen LogP contribution is -2.40. The smallest absolute Gasteiger partial charge is 0.264 e. The maximum atomic E-state index is 11.7. The largest absolute Gasteiger partial charge is 0.374 e. The predicted octanol–water partition coefficient (Wildman–Crippen LogP) is 4.12. The Labute approximate surface area is 213 Å². The van der Waals surface area contributed by atoms with E-state index in [9.17, 15) is 8.42 Å². The zero-order valence-corrected chi connectivity index (χ0v) is 21.1. The summed E-state index contributed by atoms with van der Waals surface area (Å²) in [5, 5.41) is 0. The first-order valence-electron chi connectivity index (χ1n) is 11.9. The average Bonchev–Trinajstić information content (AvgIpc) is 3.22. The van der Waals surface area contributed by atoms with Crippen molar-refractivity contribution < 1.29 is 31.5 Å². The molecule has 0 unspecified atom stereocenters. The fourth-order valence-corrected chi connectivity index (χ4v) is 4.45. The third kappa shape index (κ3) is 8.23. The Morgan fingerprint density at radius 2 is 1.06 bits per heavy atom. The van der Waals surface area contributed by atoms with Gasteiger partial charge in [0.15, 0.2) is 0 Å². The Kier molecular flexibility index (Phi) is 9.63. The molecule has 3 aromatic rings. The zero-order chi connectivity index (χ0) is 25.2. The van der Waals surface area contributed by atoms with Crippen LogP contribution in [0.5, 0.6) is 0 Å². The summed E-state index contributed by atoms with van der Waals surface area (Å²) in [7, 11) is -3.65. The van der Waals surface area contributed by atoms with Crippen molar-refractivity contribution in [1.82, 2.24) is 0 Å². The van der Waals surface area contributed by atoms with Crippen LogP contribution in [-0.4, -0.2) is 52.3 Å². The predicted molar refractivity (Wildman–Crippen MR) is 136 cm³/mol. The van der Waals surface area contributed by atoms with Crippen molar-refractivity contribution in [3.05, 3.63) is 108 Å². The third-order valence-corrected chi connectivity index (χ3v) is 6.38. The number of rotatable bonds is 13. The van der Waals surface area contributed by atoms with Gasteiger partial charge in [-0.3, -0.25) is 4.18 Å². The maximum absolute atomic E-state index is 11.7. The summed E-state index contributed by atoms with van der Waals surface area (Å²) in [5.41, 5.74) is 3.05. The minimum Gasteiger partial charge on any atom is -0.374 e. The monoisotopic (exact) mass is 512 g/mol. The highest BCUT2D eigenvalue weighted by Gasteiger charge is 2.47. The normalized spacial score (nSPS) is 22.0. The van der Waals surface area contributed by atoms with Crippen LogP contribution >= 0.6 is 0 Å². The molecule has 4 rings (SSSR count). The van der Waals surface area contributed by atoms with Crippen LogP contribution in [0.3, 0.4) is 0 Å². The quantitative estimate of drug-likeness (QED) is 0.319. The highest BCUT2D eigenvalue weighted by molar-refractivity contribution is 7.85. The van der Waals surface area contributed by atoms with Gasteiger partial charge in [0.1, 0.15) is 24.4 Å². The summed E-state index contributed by atoms with van der Waals surface area (Å²) in [6.07, 6.45) is -1.13. The number of hydrogen-bond acceptors (Lipinski definition) is 7. The van der Waals surface area contributed by atoms with E-state index in [0.717, 1.165) is 22.9 Å². The molecule has 1 fully saturated rings. The van der Waals surface area contributed by atoms with E-state index >= 15 is 0 Å². The van der Waals surface area contributed by atoms with E-state index < -0.39 is 34.5 Å². The van der Waals surface area contributed by atoms with Crippen LogP contribution in [0.15, 0.2) is 91.0 Å². The van der Waals surface area contributed by atoms with Crippen LogP contribution in [0.2, 0.25) is 0 Å². The van der Waals surface area contributed by atoms with Crippen LogP contribution in [-0.2, 0) is 53.1 Å². The molecule has 8 heteroatoms. The summed E-state index contributed by atoms with van der Waals surface area (Å²) in [6, 6.07) is 29.5. The molecule has 0 aromatic heterocycles. The standard InChI is InChI=1S/C28H32O7S/c1-36(29,30)34-21-26-28(33-19-24-15-9-4-10-16-24)27(32-18-23-13-7-3-8-14-23)25(35-26)20-31-17-22-11-5-2-6-12-22/h2-16,25-28H,17-21H2,1H3/t25-,26+,27+,28+/m0/s1. The average molecular weight is 513 g/mol. The lowest BCUT2D eigenvalue weighted by atomic mass is 10.1. The van der Waals surface area contributed by atoms with Crippen molar-refractivity contribution in [2.45, 2.75) is 44.2 Å². The Morgan fingerprint density at radius 3 is 1.50 bits per heavy atom. The Hall–Kier alpha value is -2.59. The SMILES string of the molecule is CS(=O)(=O)OC[C@H]1O[C@@H](COCc2ccccc2)[C@@H](OCc2ccccc2)[C@@H]1OCc1ccccc1. The first-order chi connectivity index (χ1) is 17.5. The van der Waals surface area contributed by atoms with Gasteiger partial charge < -0.3 is 18.9 Å². The first kappa shape index (κ1) is 26.5. The molecule has 0 saturated carbocycles. The third-order valence-electron chi connectivity index (χ3n) is 5.82. The molecule has 192 valence electrons. The van der Waals surface area contributed by atoms with E-state index in [1.165, 1.54) is 0 Å². The van der Waals surface area contributed by atoms with Crippen molar-refractivity contribution in [2.75, 3.05) is 19.5 Å². The van der Waals surface area contributed by atoms with Gasteiger partial charge in [0.2, 0.25) is 0 Å². The van der Waals surface area contributed by atoms with E-state index in [1.54, 1.807) is 0 Å². The Balaban J connectivity index is 1.49. The lowest BCUT2D eigenvalue weighted by molar-refractivity contribution is -0.0900. The molecular formula is C28H32O7S. The van der Waals surface area contributed by atoms with Gasteiger partial charge in [0.05, 0.1) is 39.3 Å². The summed E-state index contributed by atoms with van der Waals surface area (Å²) >= 11 is 0. The van der Waals surface area contributed by atoms with Gasteiger partial charge in [-0.2, -0.15) is 8.42 Å². The molecule has 3 aromatic carbocycles. The molecule has 7 nitrogen and oxygen atoms in total. The van der Waals surface area contributed by atoms with Gasteiger partial charge in [0.25, 0.3) is 10.1 Å². The molecule has 0 radical (unpaired) electrons. The van der Waals surface area contributed by atoms with Gasteiger partial charge in [0, 0.05) is 0 Å². The molecule has 4 atom stereocenters. The molecule has 0 aliphatic carbocycles. The zero-order valence-electron chi connectivity index (χ0n) is 20.3. The molecule has 0 amide bonds. The summed E-state index contributed by atoms with van der Waals surface area (Å²) in [4.78, 5) is 0. The van der Waals surface area contributed by atoms with Crippen LogP contribution in [0, 0.1) is 0 Å². The fourth-order valence-electron chi connectivity index (χ4n) is 4.07. The highest BCUT2D eigenvalue weighted by Crippen LogP contribution is 2.30. The van der Waals surface area contributed by atoms with E-state index in [-0.39, 0.29) is 13.2 Å². The van der Waals surface area contributed by atoms with Gasteiger partial charge in [-0.25, -0.2) is 0 Å². The van der Waals surface area contributed by atoms with E-state index in [1.807, 2.05) is 91.0 Å². The van der Waals surface area contributed by atoms with Crippen molar-refractivity contribution in [1.29, 1.82) is 0 Å². The minimum atomic E-state index is -3.65. The summed E-state index contributed by atoms with van der Waals surface area (Å²) in [6.45, 7) is 1.20. The number of hydrogen-bond donors (Lipinski definition) is 0. The lowest BCUT2D eigenvalue weighted by Gasteiger charge is -2.25. The van der Waals surface area contributed by atoms with Gasteiger partial charge in [-0.05, 0) is 16.7 Å². The first-order valence-corrected chi connectivity index (χ1v) is 13.7. The molecule has 36 heavy (non-hydrogen) atoms. The maximum Gasteiger partial charge on any atom is 0.264 e. The molecule has 0 spiro atoms. The van der Waals surface area contributed by atoms with Crippen molar-refractivity contribution in [3.8, 4) is 0 Å².